The molecule has 0 aliphatic heterocycles. The molecule has 0 aliphatic rings. The quantitative estimate of drug-likeness (QED) is 0.543. The smallest absolute Gasteiger partial charge is 0.287 e. The second kappa shape index (κ2) is 7.65. The average molecular weight is 366 g/mol. The molecule has 0 saturated carbocycles. The van der Waals surface area contributed by atoms with E-state index in [0.717, 1.165) is 10.9 Å². The third-order valence-electron chi connectivity index (χ3n) is 2.74. The zero-order chi connectivity index (χ0) is 15.9. The molecule has 0 fully saturated rings. The van der Waals surface area contributed by atoms with Crippen LogP contribution in [0.4, 0.5) is 0 Å². The Morgan fingerprint density at radius 3 is 2.95 bits per heavy atom. The Hall–Kier alpha value is -2.28. The van der Waals surface area contributed by atoms with E-state index in [-0.39, 0.29) is 11.7 Å². The highest BCUT2D eigenvalue weighted by Crippen LogP contribution is 2.22. The van der Waals surface area contributed by atoms with E-state index in [1.54, 1.807) is 24.4 Å². The van der Waals surface area contributed by atoms with E-state index in [0.29, 0.717) is 23.6 Å². The first-order valence-corrected chi connectivity index (χ1v) is 7.52. The molecular weight excluding hydrogens is 350 g/mol. The fraction of sp³-hybridized carbons (Fsp3) is 0.200. The lowest BCUT2D eigenvalue weighted by Crippen LogP contribution is -2.17. The van der Waals surface area contributed by atoms with Gasteiger partial charge >= 0.3 is 0 Å². The van der Waals surface area contributed by atoms with Gasteiger partial charge in [0.05, 0.1) is 12.8 Å². The van der Waals surface area contributed by atoms with Crippen molar-refractivity contribution in [3.05, 3.63) is 46.2 Å². The van der Waals surface area contributed by atoms with Crippen molar-refractivity contribution in [3.8, 4) is 11.5 Å². The largest absolute Gasteiger partial charge is 0.507 e. The summed E-state index contributed by atoms with van der Waals surface area (Å²) in [7, 11) is 0. The monoisotopic (exact) mass is 365 g/mol. The third kappa shape index (κ3) is 4.36. The van der Waals surface area contributed by atoms with E-state index in [1.165, 1.54) is 12.3 Å². The summed E-state index contributed by atoms with van der Waals surface area (Å²) >= 11 is 3.24. The summed E-state index contributed by atoms with van der Waals surface area (Å²) < 4.78 is 6.19. The van der Waals surface area contributed by atoms with E-state index in [4.69, 9.17) is 4.74 Å². The van der Waals surface area contributed by atoms with Crippen LogP contribution in [-0.4, -0.2) is 28.8 Å². The molecule has 2 aromatic rings. The molecule has 7 heteroatoms. The standard InChI is InChI=1S/C15H16BrN3O3/c1-2-5-22-12-4-3-10(14(20)7-12)8-18-19-15(21)13-6-11(16)9-17-13/h3-4,6-9,17,20H,2,5H2,1H3,(H,19,21)/b18-8+. The number of ether oxygens (including phenoxy) is 1. The van der Waals surface area contributed by atoms with Gasteiger partial charge in [0, 0.05) is 22.3 Å². The molecule has 0 radical (unpaired) electrons. The molecule has 2 rings (SSSR count). The van der Waals surface area contributed by atoms with Gasteiger partial charge in [0.25, 0.3) is 5.91 Å². The minimum atomic E-state index is -0.371. The van der Waals surface area contributed by atoms with Crippen LogP contribution in [0.15, 0.2) is 40.0 Å². The number of nitrogens with one attached hydrogen (secondary N) is 2. The number of hydrazone groups is 1. The molecule has 1 heterocycles. The SMILES string of the molecule is CCCOc1ccc(/C=N/NC(=O)c2cc(Br)c[nH]2)c(O)c1. The number of phenols is 1. The Kier molecular flexibility index (Phi) is 5.60. The van der Waals surface area contributed by atoms with Gasteiger partial charge in [-0.1, -0.05) is 6.92 Å². The van der Waals surface area contributed by atoms with Gasteiger partial charge in [-0.05, 0) is 40.5 Å². The first kappa shape index (κ1) is 16.1. The number of carbonyl (C=O) groups excluding carboxylic acids is 1. The van der Waals surface area contributed by atoms with Gasteiger partial charge in [-0.25, -0.2) is 5.43 Å². The summed E-state index contributed by atoms with van der Waals surface area (Å²) in [5.41, 5.74) is 3.24. The van der Waals surface area contributed by atoms with Crippen LogP contribution in [0.3, 0.4) is 0 Å². The molecule has 1 aromatic carbocycles. The van der Waals surface area contributed by atoms with Gasteiger partial charge < -0.3 is 14.8 Å². The van der Waals surface area contributed by atoms with Crippen LogP contribution in [0.2, 0.25) is 0 Å². The highest BCUT2D eigenvalue weighted by Gasteiger charge is 2.06. The third-order valence-corrected chi connectivity index (χ3v) is 3.19. The van der Waals surface area contributed by atoms with Gasteiger partial charge in [-0.2, -0.15) is 5.10 Å². The highest BCUT2D eigenvalue weighted by molar-refractivity contribution is 9.10. The Bertz CT molecular complexity index is 682. The number of amides is 1. The fourth-order valence-electron chi connectivity index (χ4n) is 1.66. The number of benzene rings is 1. The molecule has 1 amide bonds. The molecule has 1 aromatic heterocycles. The molecular formula is C15H16BrN3O3. The van der Waals surface area contributed by atoms with E-state index < -0.39 is 0 Å². The lowest BCUT2D eigenvalue weighted by molar-refractivity contribution is 0.0950. The van der Waals surface area contributed by atoms with Crippen molar-refractivity contribution in [1.82, 2.24) is 10.4 Å². The van der Waals surface area contributed by atoms with Crippen LogP contribution in [0.1, 0.15) is 29.4 Å². The number of phenolic OH excluding ortho intramolecular Hbond substituents is 1. The number of nitrogens with zero attached hydrogens (tertiary/aromatic N) is 1. The Morgan fingerprint density at radius 2 is 2.32 bits per heavy atom. The minimum Gasteiger partial charge on any atom is -0.507 e. The molecule has 22 heavy (non-hydrogen) atoms. The number of halogens is 1. The van der Waals surface area contributed by atoms with Crippen molar-refractivity contribution in [2.75, 3.05) is 6.61 Å². The van der Waals surface area contributed by atoms with Crippen molar-refractivity contribution in [3.63, 3.8) is 0 Å². The van der Waals surface area contributed by atoms with E-state index in [9.17, 15) is 9.90 Å². The maximum atomic E-state index is 11.7. The summed E-state index contributed by atoms with van der Waals surface area (Å²) in [6.45, 7) is 2.60. The normalized spacial score (nSPS) is 10.8. The van der Waals surface area contributed by atoms with Crippen molar-refractivity contribution in [2.45, 2.75) is 13.3 Å². The Labute approximate surface area is 136 Å². The average Bonchev–Trinajstić information content (AvgIpc) is 2.93. The number of carbonyl (C=O) groups is 1. The maximum Gasteiger partial charge on any atom is 0.287 e. The van der Waals surface area contributed by atoms with Crippen LogP contribution in [0.25, 0.3) is 0 Å². The summed E-state index contributed by atoms with van der Waals surface area (Å²) in [4.78, 5) is 14.5. The summed E-state index contributed by atoms with van der Waals surface area (Å²) in [5.74, 6) is 0.260. The van der Waals surface area contributed by atoms with Crippen molar-refractivity contribution < 1.29 is 14.6 Å². The molecule has 116 valence electrons. The lowest BCUT2D eigenvalue weighted by atomic mass is 10.2. The first-order valence-electron chi connectivity index (χ1n) is 6.73. The molecule has 3 N–H and O–H groups in total. The second-order valence-electron chi connectivity index (χ2n) is 4.50. The predicted octanol–water partition coefficient (Wildman–Crippen LogP) is 3.04. The lowest BCUT2D eigenvalue weighted by Gasteiger charge is -2.06. The summed E-state index contributed by atoms with van der Waals surface area (Å²) in [5, 5.41) is 13.7. The van der Waals surface area contributed by atoms with E-state index >= 15 is 0 Å². The predicted molar refractivity (Wildman–Crippen MR) is 87.4 cm³/mol. The maximum absolute atomic E-state index is 11.7. The molecule has 0 spiro atoms. The van der Waals surface area contributed by atoms with Crippen molar-refractivity contribution >= 4 is 28.1 Å². The molecule has 0 aliphatic carbocycles. The topological polar surface area (TPSA) is 86.7 Å². The van der Waals surface area contributed by atoms with Crippen LogP contribution >= 0.6 is 15.9 Å². The molecule has 0 saturated heterocycles. The summed E-state index contributed by atoms with van der Waals surface area (Å²) in [6, 6.07) is 6.56. The number of aromatic nitrogens is 1. The van der Waals surface area contributed by atoms with Crippen LogP contribution in [-0.2, 0) is 0 Å². The van der Waals surface area contributed by atoms with Crippen molar-refractivity contribution in [2.24, 2.45) is 5.10 Å². The second-order valence-corrected chi connectivity index (χ2v) is 5.42. The van der Waals surface area contributed by atoms with Gasteiger partial charge in [0.2, 0.25) is 0 Å². The van der Waals surface area contributed by atoms with Gasteiger partial charge in [0.1, 0.15) is 17.2 Å². The molecule has 6 nitrogen and oxygen atoms in total. The molecule has 0 bridgehead atoms. The van der Waals surface area contributed by atoms with Crippen LogP contribution < -0.4 is 10.2 Å². The minimum absolute atomic E-state index is 0.0363. The number of rotatable bonds is 6. The van der Waals surface area contributed by atoms with Crippen LogP contribution in [0, 0.1) is 0 Å². The zero-order valence-electron chi connectivity index (χ0n) is 12.0. The zero-order valence-corrected chi connectivity index (χ0v) is 13.6. The van der Waals surface area contributed by atoms with Gasteiger partial charge in [0.15, 0.2) is 0 Å². The van der Waals surface area contributed by atoms with Gasteiger partial charge in [-0.15, -0.1) is 0 Å². The number of H-pyrrole nitrogens is 1. The number of aromatic hydroxyl groups is 1. The first-order chi connectivity index (χ1) is 10.6. The van der Waals surface area contributed by atoms with Crippen molar-refractivity contribution in [1.29, 1.82) is 0 Å². The highest BCUT2D eigenvalue weighted by atomic mass is 79.9. The molecule has 0 unspecified atom stereocenters. The summed E-state index contributed by atoms with van der Waals surface area (Å²) in [6.07, 6.45) is 3.92. The Morgan fingerprint density at radius 1 is 1.50 bits per heavy atom. The van der Waals surface area contributed by atoms with Crippen LogP contribution in [0.5, 0.6) is 11.5 Å². The number of aromatic amines is 1. The number of hydrogen-bond acceptors (Lipinski definition) is 4. The fourth-order valence-corrected chi connectivity index (χ4v) is 2.01. The number of hydrogen-bond donors (Lipinski definition) is 3. The molecule has 0 atom stereocenters. The Balaban J connectivity index is 1.96. The van der Waals surface area contributed by atoms with E-state index in [2.05, 4.69) is 31.4 Å². The van der Waals surface area contributed by atoms with Gasteiger partial charge in [-0.3, -0.25) is 4.79 Å². The van der Waals surface area contributed by atoms with E-state index in [1.807, 2.05) is 6.92 Å².